The minimum Gasteiger partial charge on any atom is -0.377 e. The van der Waals surface area contributed by atoms with E-state index in [1.54, 1.807) is 7.11 Å². The Morgan fingerprint density at radius 3 is 2.59 bits per heavy atom. The lowest BCUT2D eigenvalue weighted by Crippen LogP contribution is -2.57. The lowest BCUT2D eigenvalue weighted by molar-refractivity contribution is -0.0962. The number of rotatable bonds is 5. The minimum atomic E-state index is -0.156. The van der Waals surface area contributed by atoms with E-state index >= 15 is 0 Å². The van der Waals surface area contributed by atoms with Gasteiger partial charge >= 0.3 is 0 Å². The highest BCUT2D eigenvalue weighted by molar-refractivity contribution is 4.89. The molecule has 0 aromatic heterocycles. The van der Waals surface area contributed by atoms with Gasteiger partial charge in [0, 0.05) is 32.8 Å². The molecule has 1 fully saturated rings. The van der Waals surface area contributed by atoms with E-state index in [1.165, 1.54) is 0 Å². The summed E-state index contributed by atoms with van der Waals surface area (Å²) in [5.41, 5.74) is -0.190. The van der Waals surface area contributed by atoms with Crippen LogP contribution in [0.15, 0.2) is 0 Å². The summed E-state index contributed by atoms with van der Waals surface area (Å²) in [4.78, 5) is 2.45. The normalized spacial score (nSPS) is 23.6. The number of hydrogen-bond acceptors (Lipinski definition) is 4. The Hall–Kier alpha value is -0.160. The molecule has 17 heavy (non-hydrogen) atoms. The summed E-state index contributed by atoms with van der Waals surface area (Å²) < 4.78 is 11.3. The van der Waals surface area contributed by atoms with Crippen LogP contribution in [-0.4, -0.2) is 62.5 Å². The predicted octanol–water partition coefficient (Wildman–Crippen LogP) is 1.11. The molecule has 1 saturated heterocycles. The van der Waals surface area contributed by atoms with Crippen molar-refractivity contribution in [1.82, 2.24) is 10.2 Å². The zero-order valence-corrected chi connectivity index (χ0v) is 12.2. The molecular formula is C13H28N2O2. The van der Waals surface area contributed by atoms with E-state index in [9.17, 15) is 0 Å². The van der Waals surface area contributed by atoms with Crippen LogP contribution in [0.3, 0.4) is 0 Å². The first kappa shape index (κ1) is 14.9. The Kier molecular flexibility index (Phi) is 4.95. The van der Waals surface area contributed by atoms with Gasteiger partial charge in [0.25, 0.3) is 0 Å². The zero-order chi connectivity index (χ0) is 13.1. The topological polar surface area (TPSA) is 33.7 Å². The first-order valence-electron chi connectivity index (χ1n) is 6.39. The molecule has 1 atom stereocenters. The van der Waals surface area contributed by atoms with Crippen LogP contribution in [0.2, 0.25) is 0 Å². The minimum absolute atomic E-state index is 0.0340. The average Bonchev–Trinajstić information content (AvgIpc) is 2.24. The fourth-order valence-electron chi connectivity index (χ4n) is 2.33. The molecule has 1 heterocycles. The van der Waals surface area contributed by atoms with E-state index in [-0.39, 0.29) is 11.2 Å². The van der Waals surface area contributed by atoms with Crippen LogP contribution in [0.4, 0.5) is 0 Å². The Bertz CT molecular complexity index is 242. The maximum Gasteiger partial charge on any atom is 0.0787 e. The summed E-state index contributed by atoms with van der Waals surface area (Å²) in [6, 6.07) is 0.321. The first-order valence-corrected chi connectivity index (χ1v) is 6.39. The van der Waals surface area contributed by atoms with Crippen LogP contribution in [-0.2, 0) is 9.47 Å². The Morgan fingerprint density at radius 1 is 1.47 bits per heavy atom. The van der Waals surface area contributed by atoms with Crippen molar-refractivity contribution < 1.29 is 9.47 Å². The van der Waals surface area contributed by atoms with Crippen molar-refractivity contribution in [3.8, 4) is 0 Å². The molecule has 0 bridgehead atoms. The van der Waals surface area contributed by atoms with Gasteiger partial charge in [-0.3, -0.25) is 4.90 Å². The second-order valence-electron chi connectivity index (χ2n) is 5.99. The monoisotopic (exact) mass is 244 g/mol. The number of nitrogens with zero attached hydrogens (tertiary/aromatic N) is 1. The molecule has 0 aromatic rings. The van der Waals surface area contributed by atoms with E-state index < -0.39 is 0 Å². The molecule has 1 rings (SSSR count). The fraction of sp³-hybridized carbons (Fsp3) is 1.00. The molecule has 1 aliphatic heterocycles. The molecule has 1 N–H and O–H groups in total. The standard InChI is InChI=1S/C13H28N2O2/c1-12(2)10-15(7-8-17-12)9-11(14-5)13(3,4)16-6/h11,14H,7-10H2,1-6H3. The van der Waals surface area contributed by atoms with E-state index in [4.69, 9.17) is 9.47 Å². The van der Waals surface area contributed by atoms with Gasteiger partial charge in [0.1, 0.15) is 0 Å². The van der Waals surface area contributed by atoms with Crippen LogP contribution in [0, 0.1) is 0 Å². The third-order valence-electron chi connectivity index (χ3n) is 3.66. The van der Waals surface area contributed by atoms with Crippen molar-refractivity contribution in [1.29, 1.82) is 0 Å². The number of nitrogens with one attached hydrogen (secondary N) is 1. The molecule has 0 saturated carbocycles. The molecule has 102 valence electrons. The smallest absolute Gasteiger partial charge is 0.0787 e. The third kappa shape index (κ3) is 4.21. The van der Waals surface area contributed by atoms with Crippen LogP contribution in [0.1, 0.15) is 27.7 Å². The quantitative estimate of drug-likeness (QED) is 0.785. The Balaban J connectivity index is 2.57. The summed E-state index contributed by atoms with van der Waals surface area (Å²) >= 11 is 0. The van der Waals surface area contributed by atoms with E-state index in [2.05, 4.69) is 37.9 Å². The van der Waals surface area contributed by atoms with Crippen molar-refractivity contribution in [3.63, 3.8) is 0 Å². The second-order valence-corrected chi connectivity index (χ2v) is 5.99. The maximum atomic E-state index is 5.73. The molecule has 1 unspecified atom stereocenters. The summed E-state index contributed by atoms with van der Waals surface area (Å²) in [5.74, 6) is 0. The summed E-state index contributed by atoms with van der Waals surface area (Å²) in [5, 5.41) is 3.36. The molecule has 4 nitrogen and oxygen atoms in total. The summed E-state index contributed by atoms with van der Waals surface area (Å²) in [6.07, 6.45) is 0. The van der Waals surface area contributed by atoms with E-state index in [1.807, 2.05) is 7.05 Å². The van der Waals surface area contributed by atoms with Crippen molar-refractivity contribution in [2.45, 2.75) is 44.9 Å². The highest BCUT2D eigenvalue weighted by Gasteiger charge is 2.33. The lowest BCUT2D eigenvalue weighted by atomic mass is 9.97. The summed E-state index contributed by atoms with van der Waals surface area (Å²) in [7, 11) is 3.77. The van der Waals surface area contributed by atoms with Gasteiger partial charge in [-0.15, -0.1) is 0 Å². The Labute approximate surface area is 106 Å². The van der Waals surface area contributed by atoms with Crippen molar-refractivity contribution >= 4 is 0 Å². The molecule has 0 radical (unpaired) electrons. The highest BCUT2D eigenvalue weighted by Crippen LogP contribution is 2.20. The van der Waals surface area contributed by atoms with Gasteiger partial charge < -0.3 is 14.8 Å². The Morgan fingerprint density at radius 2 is 2.12 bits per heavy atom. The lowest BCUT2D eigenvalue weighted by Gasteiger charge is -2.42. The van der Waals surface area contributed by atoms with Crippen LogP contribution in [0.25, 0.3) is 0 Å². The van der Waals surface area contributed by atoms with Gasteiger partial charge in [-0.1, -0.05) is 0 Å². The van der Waals surface area contributed by atoms with Gasteiger partial charge in [-0.2, -0.15) is 0 Å². The number of morpholine rings is 1. The van der Waals surface area contributed by atoms with E-state index in [0.717, 1.165) is 26.2 Å². The van der Waals surface area contributed by atoms with Crippen LogP contribution < -0.4 is 5.32 Å². The van der Waals surface area contributed by atoms with Gasteiger partial charge in [-0.05, 0) is 34.7 Å². The number of ether oxygens (including phenoxy) is 2. The van der Waals surface area contributed by atoms with Crippen LogP contribution in [0.5, 0.6) is 0 Å². The molecule has 0 aromatic carbocycles. The van der Waals surface area contributed by atoms with Crippen molar-refractivity contribution in [2.75, 3.05) is 40.4 Å². The van der Waals surface area contributed by atoms with Gasteiger partial charge in [0.15, 0.2) is 0 Å². The largest absolute Gasteiger partial charge is 0.377 e. The predicted molar refractivity (Wildman–Crippen MR) is 70.4 cm³/mol. The molecule has 0 amide bonds. The number of hydrogen-bond donors (Lipinski definition) is 1. The van der Waals surface area contributed by atoms with Crippen molar-refractivity contribution in [2.24, 2.45) is 0 Å². The van der Waals surface area contributed by atoms with Gasteiger partial charge in [0.05, 0.1) is 17.8 Å². The number of methoxy groups -OCH3 is 1. The fourth-order valence-corrected chi connectivity index (χ4v) is 2.33. The van der Waals surface area contributed by atoms with Gasteiger partial charge in [0.2, 0.25) is 0 Å². The summed E-state index contributed by atoms with van der Waals surface area (Å²) in [6.45, 7) is 12.3. The van der Waals surface area contributed by atoms with Crippen molar-refractivity contribution in [3.05, 3.63) is 0 Å². The molecule has 0 spiro atoms. The van der Waals surface area contributed by atoms with E-state index in [0.29, 0.717) is 6.04 Å². The second kappa shape index (κ2) is 5.65. The SMILES string of the molecule is CNC(CN1CCOC(C)(C)C1)C(C)(C)OC. The van der Waals surface area contributed by atoms with Gasteiger partial charge in [-0.25, -0.2) is 0 Å². The average molecular weight is 244 g/mol. The highest BCUT2D eigenvalue weighted by atomic mass is 16.5. The third-order valence-corrected chi connectivity index (χ3v) is 3.66. The molecule has 0 aliphatic carbocycles. The zero-order valence-electron chi connectivity index (χ0n) is 12.2. The molecule has 1 aliphatic rings. The van der Waals surface area contributed by atoms with Crippen LogP contribution >= 0.6 is 0 Å². The first-order chi connectivity index (χ1) is 7.80. The maximum absolute atomic E-state index is 5.73. The molecule has 4 heteroatoms. The number of likely N-dealkylation sites (N-methyl/N-ethyl adjacent to an activating group) is 1. The molecular weight excluding hydrogens is 216 g/mol.